The van der Waals surface area contributed by atoms with Gasteiger partial charge in [-0.25, -0.2) is 0 Å². The molecule has 0 aromatic heterocycles. The molecule has 1 aromatic carbocycles. The first-order valence-electron chi connectivity index (χ1n) is 5.88. The molecular weight excluding hydrogens is 298 g/mol. The number of nitro groups is 1. The van der Waals surface area contributed by atoms with E-state index in [0.717, 1.165) is 6.42 Å². The van der Waals surface area contributed by atoms with Crippen LogP contribution in [0.2, 0.25) is 0 Å². The molecule has 0 aliphatic heterocycles. The molecule has 0 spiro atoms. The summed E-state index contributed by atoms with van der Waals surface area (Å²) < 4.78 is 5.90. The maximum absolute atomic E-state index is 10.7. The number of nitro benzene ring substituents is 1. The lowest BCUT2D eigenvalue weighted by molar-refractivity contribution is -0.385. The van der Waals surface area contributed by atoms with Crippen LogP contribution in [-0.4, -0.2) is 15.9 Å². The third kappa shape index (κ3) is 2.23. The third-order valence-corrected chi connectivity index (χ3v) is 5.26. The van der Waals surface area contributed by atoms with Crippen molar-refractivity contribution in [3.63, 3.8) is 0 Å². The van der Waals surface area contributed by atoms with Gasteiger partial charge in [0.25, 0.3) is 5.69 Å². The van der Waals surface area contributed by atoms with Crippen molar-refractivity contribution in [2.45, 2.75) is 38.1 Å². The van der Waals surface area contributed by atoms with Gasteiger partial charge in [-0.1, -0.05) is 29.8 Å². The molecule has 2 atom stereocenters. The number of benzene rings is 1. The first-order chi connectivity index (χ1) is 8.32. The topological polar surface area (TPSA) is 52.4 Å². The molecule has 0 bridgehead atoms. The van der Waals surface area contributed by atoms with Crippen molar-refractivity contribution in [2.24, 2.45) is 5.41 Å². The zero-order valence-corrected chi connectivity index (χ0v) is 12.2. The molecule has 0 N–H and O–H groups in total. The van der Waals surface area contributed by atoms with E-state index in [0.29, 0.717) is 16.1 Å². The molecule has 1 fully saturated rings. The number of hydrogen-bond acceptors (Lipinski definition) is 3. The molecule has 4 nitrogen and oxygen atoms in total. The molecule has 1 aliphatic carbocycles. The number of aryl methyl sites for hydroxylation is 1. The van der Waals surface area contributed by atoms with E-state index in [2.05, 4.69) is 29.8 Å². The summed E-state index contributed by atoms with van der Waals surface area (Å²) in [5, 5.41) is 10.7. The Kier molecular flexibility index (Phi) is 3.36. The van der Waals surface area contributed by atoms with E-state index >= 15 is 0 Å². The van der Waals surface area contributed by atoms with E-state index < -0.39 is 0 Å². The Morgan fingerprint density at radius 2 is 2.17 bits per heavy atom. The van der Waals surface area contributed by atoms with Crippen molar-refractivity contribution in [1.82, 2.24) is 0 Å². The Balaban J connectivity index is 2.12. The second-order valence-electron chi connectivity index (χ2n) is 5.34. The molecule has 1 saturated carbocycles. The summed E-state index contributed by atoms with van der Waals surface area (Å²) in [5.74, 6) is 0.704. The highest BCUT2D eigenvalue weighted by atomic mass is 79.9. The van der Waals surface area contributed by atoms with Gasteiger partial charge < -0.3 is 4.74 Å². The third-order valence-electron chi connectivity index (χ3n) is 3.70. The SMILES string of the molecule is Cc1cc(OC2CC(Br)C2(C)C)ccc1[N+](=O)[O-]. The monoisotopic (exact) mass is 313 g/mol. The van der Waals surface area contributed by atoms with Crippen LogP contribution in [0.5, 0.6) is 5.75 Å². The number of halogens is 1. The molecule has 0 amide bonds. The largest absolute Gasteiger partial charge is 0.490 e. The summed E-state index contributed by atoms with van der Waals surface area (Å²) in [6.45, 7) is 6.03. The minimum Gasteiger partial charge on any atom is -0.490 e. The molecule has 1 aromatic rings. The Morgan fingerprint density at radius 1 is 1.50 bits per heavy atom. The van der Waals surface area contributed by atoms with E-state index in [1.807, 2.05) is 0 Å². The highest BCUT2D eigenvalue weighted by Crippen LogP contribution is 2.47. The number of ether oxygens (including phenoxy) is 1. The minimum atomic E-state index is -0.374. The number of rotatable bonds is 3. The van der Waals surface area contributed by atoms with Gasteiger partial charge in [0.2, 0.25) is 0 Å². The van der Waals surface area contributed by atoms with Crippen molar-refractivity contribution in [3.8, 4) is 5.75 Å². The lowest BCUT2D eigenvalue weighted by Gasteiger charge is -2.48. The summed E-state index contributed by atoms with van der Waals surface area (Å²) in [4.78, 5) is 10.8. The highest BCUT2D eigenvalue weighted by Gasteiger charge is 2.48. The molecule has 5 heteroatoms. The van der Waals surface area contributed by atoms with Gasteiger partial charge in [-0.05, 0) is 25.5 Å². The predicted molar refractivity (Wildman–Crippen MR) is 73.4 cm³/mol. The normalized spacial score (nSPS) is 25.3. The van der Waals surface area contributed by atoms with Crippen LogP contribution >= 0.6 is 15.9 Å². The first kappa shape index (κ1) is 13.3. The van der Waals surface area contributed by atoms with Gasteiger partial charge in [-0.15, -0.1) is 0 Å². The summed E-state index contributed by atoms with van der Waals surface area (Å²) >= 11 is 3.61. The van der Waals surface area contributed by atoms with Crippen molar-refractivity contribution in [3.05, 3.63) is 33.9 Å². The molecule has 0 saturated heterocycles. The van der Waals surface area contributed by atoms with Gasteiger partial charge in [0, 0.05) is 21.9 Å². The maximum Gasteiger partial charge on any atom is 0.272 e. The standard InChI is InChI=1S/C13H16BrNO3/c1-8-6-9(4-5-10(8)15(16)17)18-12-7-11(14)13(12,2)3/h4-6,11-12H,7H2,1-3H3. The van der Waals surface area contributed by atoms with E-state index in [1.165, 1.54) is 6.07 Å². The average molecular weight is 314 g/mol. The number of alkyl halides is 1. The molecule has 0 heterocycles. The van der Waals surface area contributed by atoms with Gasteiger partial charge in [0.15, 0.2) is 0 Å². The highest BCUT2D eigenvalue weighted by molar-refractivity contribution is 9.09. The second-order valence-corrected chi connectivity index (χ2v) is 6.44. The second kappa shape index (κ2) is 4.53. The minimum absolute atomic E-state index is 0.0929. The van der Waals surface area contributed by atoms with Crippen molar-refractivity contribution in [2.75, 3.05) is 0 Å². The van der Waals surface area contributed by atoms with Gasteiger partial charge in [-0.2, -0.15) is 0 Å². The lowest BCUT2D eigenvalue weighted by atomic mass is 9.69. The summed E-state index contributed by atoms with van der Waals surface area (Å²) in [6.07, 6.45) is 1.12. The Bertz CT molecular complexity index is 487. The van der Waals surface area contributed by atoms with Crippen LogP contribution in [0.25, 0.3) is 0 Å². The lowest BCUT2D eigenvalue weighted by Crippen LogP contribution is -2.53. The van der Waals surface area contributed by atoms with Crippen molar-refractivity contribution >= 4 is 21.6 Å². The van der Waals surface area contributed by atoms with Crippen LogP contribution in [0.3, 0.4) is 0 Å². The van der Waals surface area contributed by atoms with Crippen LogP contribution in [0.15, 0.2) is 18.2 Å². The van der Waals surface area contributed by atoms with Crippen LogP contribution in [0, 0.1) is 22.5 Å². The molecule has 98 valence electrons. The molecular formula is C13H16BrNO3. The van der Waals surface area contributed by atoms with Crippen molar-refractivity contribution in [1.29, 1.82) is 0 Å². The Hall–Kier alpha value is -1.10. The summed E-state index contributed by atoms with van der Waals surface area (Å²) in [7, 11) is 0. The number of nitrogens with zero attached hydrogens (tertiary/aromatic N) is 1. The smallest absolute Gasteiger partial charge is 0.272 e. The van der Waals surface area contributed by atoms with Crippen LogP contribution < -0.4 is 4.74 Å². The zero-order valence-electron chi connectivity index (χ0n) is 10.6. The fourth-order valence-corrected chi connectivity index (χ4v) is 2.74. The quantitative estimate of drug-likeness (QED) is 0.484. The fraction of sp³-hybridized carbons (Fsp3) is 0.538. The maximum atomic E-state index is 10.7. The van der Waals surface area contributed by atoms with Crippen molar-refractivity contribution < 1.29 is 9.66 Å². The van der Waals surface area contributed by atoms with Crippen LogP contribution in [-0.2, 0) is 0 Å². The number of hydrogen-bond donors (Lipinski definition) is 0. The molecule has 0 radical (unpaired) electrons. The molecule has 2 rings (SSSR count). The van der Waals surface area contributed by atoms with E-state index in [1.54, 1.807) is 19.1 Å². The first-order valence-corrected chi connectivity index (χ1v) is 6.79. The predicted octanol–water partition coefficient (Wildman–Crippen LogP) is 3.84. The Labute approximate surface area is 115 Å². The van der Waals surface area contributed by atoms with Gasteiger partial charge >= 0.3 is 0 Å². The van der Waals surface area contributed by atoms with E-state index in [9.17, 15) is 10.1 Å². The zero-order chi connectivity index (χ0) is 13.5. The molecule has 18 heavy (non-hydrogen) atoms. The molecule has 1 aliphatic rings. The summed E-state index contributed by atoms with van der Waals surface area (Å²) in [6, 6.07) is 4.90. The van der Waals surface area contributed by atoms with Gasteiger partial charge in [-0.3, -0.25) is 10.1 Å². The molecule has 2 unspecified atom stereocenters. The van der Waals surface area contributed by atoms with E-state index in [-0.39, 0.29) is 22.1 Å². The fourth-order valence-electron chi connectivity index (χ4n) is 2.11. The van der Waals surface area contributed by atoms with Crippen LogP contribution in [0.4, 0.5) is 5.69 Å². The van der Waals surface area contributed by atoms with Crippen LogP contribution in [0.1, 0.15) is 25.8 Å². The average Bonchev–Trinajstić information content (AvgIpc) is 2.28. The Morgan fingerprint density at radius 3 is 2.61 bits per heavy atom. The van der Waals surface area contributed by atoms with Gasteiger partial charge in [0.05, 0.1) is 4.92 Å². The summed E-state index contributed by atoms with van der Waals surface area (Å²) in [5.41, 5.74) is 0.856. The van der Waals surface area contributed by atoms with Gasteiger partial charge in [0.1, 0.15) is 11.9 Å². The van der Waals surface area contributed by atoms with E-state index in [4.69, 9.17) is 4.74 Å².